The van der Waals surface area contributed by atoms with Crippen LogP contribution in [-0.4, -0.2) is 39.1 Å². The zero-order valence-corrected chi connectivity index (χ0v) is 19.0. The van der Waals surface area contributed by atoms with E-state index in [9.17, 15) is 14.4 Å². The lowest BCUT2D eigenvalue weighted by Crippen LogP contribution is -2.38. The van der Waals surface area contributed by atoms with Gasteiger partial charge in [0.05, 0.1) is 10.4 Å². The topological polar surface area (TPSA) is 71.4 Å². The van der Waals surface area contributed by atoms with Crippen LogP contribution in [0.5, 0.6) is 0 Å². The van der Waals surface area contributed by atoms with Gasteiger partial charge in [0, 0.05) is 29.7 Å². The van der Waals surface area contributed by atoms with E-state index in [4.69, 9.17) is 0 Å². The number of hydrogen-bond donors (Lipinski definition) is 1. The first-order chi connectivity index (χ1) is 15.0. The molecule has 0 atom stereocenters. The Morgan fingerprint density at radius 1 is 1.19 bits per heavy atom. The highest BCUT2D eigenvalue weighted by atomic mass is 32.2. The van der Waals surface area contributed by atoms with Crippen LogP contribution in [0, 0.1) is 0 Å². The maximum atomic E-state index is 12.8. The summed E-state index contributed by atoms with van der Waals surface area (Å²) in [6, 6.07) is 6.36. The number of nitrogens with one attached hydrogen (secondary N) is 1. The van der Waals surface area contributed by atoms with E-state index in [1.54, 1.807) is 13.0 Å². The van der Waals surface area contributed by atoms with Gasteiger partial charge in [0.1, 0.15) is 6.54 Å². The van der Waals surface area contributed by atoms with Crippen LogP contribution in [0.2, 0.25) is 0 Å². The number of aromatic nitrogens is 1. The predicted octanol–water partition coefficient (Wildman–Crippen LogP) is 4.71. The number of likely N-dealkylation sites (N-methyl/N-ethyl adjacent to an activating group) is 1. The van der Waals surface area contributed by atoms with Crippen molar-refractivity contribution in [3.63, 3.8) is 0 Å². The summed E-state index contributed by atoms with van der Waals surface area (Å²) in [4.78, 5) is 39.1. The molecular formula is C24H29N3O3S. The van der Waals surface area contributed by atoms with Gasteiger partial charge in [0.25, 0.3) is 11.1 Å². The minimum atomic E-state index is -0.250. The maximum absolute atomic E-state index is 12.8. The number of thioether (sulfide) groups is 1. The highest BCUT2D eigenvalue weighted by molar-refractivity contribution is 8.18. The Balaban J connectivity index is 1.66. The number of carbonyl (C=O) groups is 3. The van der Waals surface area contributed by atoms with Gasteiger partial charge >= 0.3 is 0 Å². The second kappa shape index (κ2) is 9.30. The zero-order valence-electron chi connectivity index (χ0n) is 18.1. The van der Waals surface area contributed by atoms with Gasteiger partial charge in [-0.2, -0.15) is 0 Å². The lowest BCUT2D eigenvalue weighted by Gasteiger charge is -2.23. The first kappa shape index (κ1) is 21.7. The van der Waals surface area contributed by atoms with Crippen LogP contribution in [0.3, 0.4) is 0 Å². The molecule has 2 heterocycles. The number of imide groups is 1. The molecule has 2 fully saturated rings. The lowest BCUT2D eigenvalue weighted by atomic mass is 9.95. The average molecular weight is 440 g/mol. The molecule has 2 aliphatic rings. The van der Waals surface area contributed by atoms with Crippen LogP contribution in [-0.2, 0) is 22.6 Å². The zero-order chi connectivity index (χ0) is 22.0. The summed E-state index contributed by atoms with van der Waals surface area (Å²) in [5.74, 6) is -0.229. The summed E-state index contributed by atoms with van der Waals surface area (Å²) in [5, 5.41) is 3.95. The van der Waals surface area contributed by atoms with Crippen molar-refractivity contribution < 1.29 is 14.4 Å². The number of rotatable bonds is 6. The van der Waals surface area contributed by atoms with Crippen LogP contribution in [0.1, 0.15) is 57.1 Å². The number of benzene rings is 1. The van der Waals surface area contributed by atoms with E-state index < -0.39 is 0 Å². The number of nitrogens with zero attached hydrogens (tertiary/aromatic N) is 2. The second-order valence-electron chi connectivity index (χ2n) is 8.21. The summed E-state index contributed by atoms with van der Waals surface area (Å²) >= 11 is 0.976. The van der Waals surface area contributed by atoms with Crippen molar-refractivity contribution >= 4 is 45.8 Å². The van der Waals surface area contributed by atoms with Crippen LogP contribution in [0.25, 0.3) is 17.0 Å². The maximum Gasteiger partial charge on any atom is 0.293 e. The van der Waals surface area contributed by atoms with Gasteiger partial charge in [0.15, 0.2) is 0 Å². The Morgan fingerprint density at radius 3 is 2.65 bits per heavy atom. The summed E-state index contributed by atoms with van der Waals surface area (Å²) in [6.07, 6.45) is 10.3. The Morgan fingerprint density at radius 2 is 1.97 bits per heavy atom. The molecule has 0 radical (unpaired) electrons. The molecule has 6 nitrogen and oxygen atoms in total. The van der Waals surface area contributed by atoms with Crippen molar-refractivity contribution in [2.75, 3.05) is 6.54 Å². The van der Waals surface area contributed by atoms with E-state index in [2.05, 4.69) is 18.3 Å². The molecule has 7 heteroatoms. The van der Waals surface area contributed by atoms with Gasteiger partial charge in [-0.25, -0.2) is 0 Å². The lowest BCUT2D eigenvalue weighted by molar-refractivity contribution is -0.123. The molecule has 1 aliphatic heterocycles. The molecule has 0 spiro atoms. The Kier molecular flexibility index (Phi) is 6.51. The fourth-order valence-corrected chi connectivity index (χ4v) is 5.47. The summed E-state index contributed by atoms with van der Waals surface area (Å²) in [7, 11) is 0. The van der Waals surface area contributed by atoms with E-state index in [0.29, 0.717) is 11.4 Å². The van der Waals surface area contributed by atoms with Crippen molar-refractivity contribution in [2.24, 2.45) is 0 Å². The van der Waals surface area contributed by atoms with Gasteiger partial charge < -0.3 is 9.88 Å². The molecule has 1 saturated carbocycles. The molecule has 164 valence electrons. The molecule has 1 saturated heterocycles. The third kappa shape index (κ3) is 4.42. The molecule has 2 aromatic rings. The molecule has 4 rings (SSSR count). The second-order valence-corrected chi connectivity index (χ2v) is 9.20. The Labute approximate surface area is 187 Å². The van der Waals surface area contributed by atoms with E-state index in [1.807, 2.05) is 22.9 Å². The van der Waals surface area contributed by atoms with Gasteiger partial charge in [-0.05, 0) is 49.6 Å². The van der Waals surface area contributed by atoms with Crippen LogP contribution < -0.4 is 5.32 Å². The van der Waals surface area contributed by atoms with Gasteiger partial charge in [-0.3, -0.25) is 19.3 Å². The van der Waals surface area contributed by atoms with Crippen molar-refractivity contribution in [3.8, 4) is 0 Å². The van der Waals surface area contributed by atoms with E-state index >= 15 is 0 Å². The fraction of sp³-hybridized carbons (Fsp3) is 0.458. The average Bonchev–Trinajstić information content (AvgIpc) is 3.25. The van der Waals surface area contributed by atoms with Crippen molar-refractivity contribution in [3.05, 3.63) is 40.4 Å². The summed E-state index contributed by atoms with van der Waals surface area (Å²) in [6.45, 7) is 4.50. The smallest absolute Gasteiger partial charge is 0.293 e. The normalized spacial score (nSPS) is 19.0. The van der Waals surface area contributed by atoms with Crippen molar-refractivity contribution in [2.45, 2.75) is 65.0 Å². The minimum Gasteiger partial charge on any atom is -0.352 e. The molecule has 1 aromatic carbocycles. The van der Waals surface area contributed by atoms with Gasteiger partial charge in [-0.1, -0.05) is 44.4 Å². The highest BCUT2D eigenvalue weighted by Crippen LogP contribution is 2.34. The van der Waals surface area contributed by atoms with Gasteiger partial charge in [0.2, 0.25) is 5.91 Å². The largest absolute Gasteiger partial charge is 0.352 e. The molecule has 1 aromatic heterocycles. The fourth-order valence-electron chi connectivity index (χ4n) is 4.58. The van der Waals surface area contributed by atoms with Crippen LogP contribution in [0.15, 0.2) is 29.3 Å². The Hall–Kier alpha value is -2.54. The third-order valence-electron chi connectivity index (χ3n) is 6.15. The van der Waals surface area contributed by atoms with E-state index in [0.717, 1.165) is 53.1 Å². The van der Waals surface area contributed by atoms with Gasteiger partial charge in [-0.15, -0.1) is 0 Å². The predicted molar refractivity (Wildman–Crippen MR) is 125 cm³/mol. The molecular weight excluding hydrogens is 410 g/mol. The minimum absolute atomic E-state index is 0.0209. The number of hydrogen-bond acceptors (Lipinski definition) is 4. The monoisotopic (exact) mass is 439 g/mol. The summed E-state index contributed by atoms with van der Waals surface area (Å²) in [5.41, 5.74) is 3.03. The Bertz CT molecular complexity index is 1050. The van der Waals surface area contributed by atoms with E-state index in [-0.39, 0.29) is 29.6 Å². The first-order valence-corrected chi connectivity index (χ1v) is 12.0. The third-order valence-corrected chi connectivity index (χ3v) is 7.06. The number of para-hydroxylation sites is 1. The van der Waals surface area contributed by atoms with Crippen LogP contribution in [0.4, 0.5) is 4.79 Å². The number of aryl methyl sites for hydroxylation is 1. The summed E-state index contributed by atoms with van der Waals surface area (Å²) < 4.78 is 1.99. The number of fused-ring (bicyclic) bond motifs is 1. The standard InChI is InChI=1S/C24H29N3O3S/c1-3-16-9-8-12-19-17(13-20-23(29)27(4-2)24(30)31-20)14-26(22(16)19)15-21(28)25-18-10-6-5-7-11-18/h8-9,12-14,18H,3-7,10-11,15H2,1-2H3,(H,25,28)/b20-13-. The number of amides is 3. The first-order valence-electron chi connectivity index (χ1n) is 11.2. The highest BCUT2D eigenvalue weighted by Gasteiger charge is 2.34. The quantitative estimate of drug-likeness (QED) is 0.662. The molecule has 0 unspecified atom stereocenters. The van der Waals surface area contributed by atoms with E-state index in [1.165, 1.54) is 24.2 Å². The van der Waals surface area contributed by atoms with Crippen molar-refractivity contribution in [1.29, 1.82) is 0 Å². The SMILES string of the molecule is CCc1cccc2c(/C=C3\SC(=O)N(CC)C3=O)cn(CC(=O)NC3CCCCC3)c12. The molecule has 3 amide bonds. The molecule has 1 N–H and O–H groups in total. The molecule has 1 aliphatic carbocycles. The van der Waals surface area contributed by atoms with Crippen molar-refractivity contribution in [1.82, 2.24) is 14.8 Å². The molecule has 0 bridgehead atoms. The molecule has 31 heavy (non-hydrogen) atoms. The number of carbonyl (C=O) groups excluding carboxylic acids is 3. The van der Waals surface area contributed by atoms with Crippen LogP contribution >= 0.6 is 11.8 Å².